The molecule has 0 saturated carbocycles. The molecule has 0 amide bonds. The molecular formula is C22H27F3. The number of hydrogen-bond donors (Lipinski definition) is 0. The van der Waals surface area contributed by atoms with Gasteiger partial charge in [0.25, 0.3) is 0 Å². The van der Waals surface area contributed by atoms with E-state index in [1.807, 2.05) is 12.1 Å². The summed E-state index contributed by atoms with van der Waals surface area (Å²) in [6, 6.07) is 13.5. The smallest absolute Gasteiger partial charge is 0.166 e. The third-order valence-electron chi connectivity index (χ3n) is 4.57. The molecule has 2 aromatic carbocycles. The van der Waals surface area contributed by atoms with E-state index in [1.165, 1.54) is 62.6 Å². The van der Waals surface area contributed by atoms with Crippen LogP contribution >= 0.6 is 0 Å². The molecule has 3 heteroatoms. The highest BCUT2D eigenvalue weighted by molar-refractivity contribution is 5.64. The predicted octanol–water partition coefficient (Wildman–Crippen LogP) is 7.67. The van der Waals surface area contributed by atoms with Crippen LogP contribution in [-0.4, -0.2) is 0 Å². The summed E-state index contributed by atoms with van der Waals surface area (Å²) >= 11 is 0. The zero-order chi connectivity index (χ0) is 18.1. The maximum absolute atomic E-state index is 12.6. The van der Waals surface area contributed by atoms with E-state index < -0.39 is 11.7 Å². The number of benzene rings is 2. The van der Waals surface area contributed by atoms with Gasteiger partial charge in [0.2, 0.25) is 0 Å². The number of rotatable bonds is 9. The quantitative estimate of drug-likeness (QED) is 0.408. The van der Waals surface area contributed by atoms with Crippen molar-refractivity contribution in [3.8, 4) is 11.1 Å². The van der Waals surface area contributed by atoms with Gasteiger partial charge < -0.3 is 0 Å². The lowest BCUT2D eigenvalue weighted by molar-refractivity contribution is -0.137. The lowest BCUT2D eigenvalue weighted by Gasteiger charge is -2.08. The van der Waals surface area contributed by atoms with Crippen molar-refractivity contribution in [2.45, 2.75) is 64.5 Å². The number of aryl methyl sites for hydroxylation is 1. The molecule has 0 saturated heterocycles. The Hall–Kier alpha value is -1.77. The Bertz CT molecular complexity index is 609. The SMILES string of the molecule is CCCCCCCCCc1ccc(-c2ccc(C(F)(F)F)cc2)cc1. The van der Waals surface area contributed by atoms with E-state index in [2.05, 4.69) is 19.1 Å². The van der Waals surface area contributed by atoms with Crippen molar-refractivity contribution in [3.05, 3.63) is 59.7 Å². The highest BCUT2D eigenvalue weighted by Gasteiger charge is 2.29. The molecule has 0 N–H and O–H groups in total. The molecule has 0 aliphatic heterocycles. The zero-order valence-electron chi connectivity index (χ0n) is 14.9. The van der Waals surface area contributed by atoms with Crippen LogP contribution in [0.2, 0.25) is 0 Å². The van der Waals surface area contributed by atoms with Crippen molar-refractivity contribution < 1.29 is 13.2 Å². The number of halogens is 3. The van der Waals surface area contributed by atoms with Gasteiger partial charge in [0, 0.05) is 0 Å². The minimum absolute atomic E-state index is 0.605. The van der Waals surface area contributed by atoms with Crippen molar-refractivity contribution in [3.63, 3.8) is 0 Å². The summed E-state index contributed by atoms with van der Waals surface area (Å²) in [5.41, 5.74) is 2.46. The minimum atomic E-state index is -4.28. The lowest BCUT2D eigenvalue weighted by atomic mass is 10.00. The van der Waals surface area contributed by atoms with Crippen LogP contribution in [-0.2, 0) is 12.6 Å². The molecule has 0 unspecified atom stereocenters. The summed E-state index contributed by atoms with van der Waals surface area (Å²) < 4.78 is 37.8. The Kier molecular flexibility index (Phi) is 7.54. The number of unbranched alkanes of at least 4 members (excludes halogenated alkanes) is 6. The first-order chi connectivity index (χ1) is 12.0. The molecule has 0 spiro atoms. The van der Waals surface area contributed by atoms with Crippen LogP contribution in [0.3, 0.4) is 0 Å². The van der Waals surface area contributed by atoms with E-state index in [0.29, 0.717) is 0 Å². The second kappa shape index (κ2) is 9.65. The van der Waals surface area contributed by atoms with Crippen LogP contribution in [0.4, 0.5) is 13.2 Å². The normalized spacial score (nSPS) is 11.7. The molecule has 0 fully saturated rings. The van der Waals surface area contributed by atoms with E-state index in [-0.39, 0.29) is 0 Å². The number of hydrogen-bond acceptors (Lipinski definition) is 0. The van der Waals surface area contributed by atoms with E-state index in [1.54, 1.807) is 0 Å². The van der Waals surface area contributed by atoms with Crippen LogP contribution < -0.4 is 0 Å². The molecule has 0 aliphatic carbocycles. The Morgan fingerprint density at radius 2 is 1.12 bits per heavy atom. The maximum atomic E-state index is 12.6. The van der Waals surface area contributed by atoms with Gasteiger partial charge in [-0.2, -0.15) is 13.2 Å². The van der Waals surface area contributed by atoms with Crippen LogP contribution in [0.1, 0.15) is 63.0 Å². The van der Waals surface area contributed by atoms with Gasteiger partial charge >= 0.3 is 6.18 Å². The molecule has 0 aromatic heterocycles. The first kappa shape index (κ1) is 19.6. The highest BCUT2D eigenvalue weighted by atomic mass is 19.4. The molecular weight excluding hydrogens is 321 g/mol. The monoisotopic (exact) mass is 348 g/mol. The third-order valence-corrected chi connectivity index (χ3v) is 4.57. The van der Waals surface area contributed by atoms with E-state index in [9.17, 15) is 13.2 Å². The molecule has 0 nitrogen and oxygen atoms in total. The Morgan fingerprint density at radius 1 is 0.640 bits per heavy atom. The van der Waals surface area contributed by atoms with Gasteiger partial charge in [0.15, 0.2) is 0 Å². The van der Waals surface area contributed by atoms with E-state index in [4.69, 9.17) is 0 Å². The molecule has 0 heterocycles. The topological polar surface area (TPSA) is 0 Å². The van der Waals surface area contributed by atoms with Crippen molar-refractivity contribution in [2.75, 3.05) is 0 Å². The minimum Gasteiger partial charge on any atom is -0.166 e. The van der Waals surface area contributed by atoms with Crippen molar-refractivity contribution in [1.29, 1.82) is 0 Å². The second-order valence-corrected chi connectivity index (χ2v) is 6.64. The van der Waals surface area contributed by atoms with E-state index >= 15 is 0 Å². The average Bonchev–Trinajstić information content (AvgIpc) is 2.61. The molecule has 136 valence electrons. The fourth-order valence-corrected chi connectivity index (χ4v) is 3.00. The average molecular weight is 348 g/mol. The van der Waals surface area contributed by atoms with Gasteiger partial charge in [0.05, 0.1) is 5.56 Å². The van der Waals surface area contributed by atoms with Gasteiger partial charge in [-0.25, -0.2) is 0 Å². The van der Waals surface area contributed by atoms with Gasteiger partial charge in [-0.05, 0) is 41.7 Å². The summed E-state index contributed by atoms with van der Waals surface area (Å²) in [5, 5.41) is 0. The first-order valence-electron chi connectivity index (χ1n) is 9.27. The van der Waals surface area contributed by atoms with Crippen LogP contribution in [0.25, 0.3) is 11.1 Å². The van der Waals surface area contributed by atoms with E-state index in [0.717, 1.165) is 29.7 Å². The first-order valence-corrected chi connectivity index (χ1v) is 9.27. The summed E-state index contributed by atoms with van der Waals surface area (Å²) in [4.78, 5) is 0. The summed E-state index contributed by atoms with van der Waals surface area (Å²) in [5.74, 6) is 0. The van der Waals surface area contributed by atoms with Gasteiger partial charge in [-0.15, -0.1) is 0 Å². The predicted molar refractivity (Wildman–Crippen MR) is 98.6 cm³/mol. The maximum Gasteiger partial charge on any atom is 0.416 e. The molecule has 0 bridgehead atoms. The molecule has 2 rings (SSSR count). The number of alkyl halides is 3. The molecule has 0 aliphatic rings. The lowest BCUT2D eigenvalue weighted by Crippen LogP contribution is -2.03. The molecule has 25 heavy (non-hydrogen) atoms. The third kappa shape index (κ3) is 6.56. The Balaban J connectivity index is 1.81. The van der Waals surface area contributed by atoms with Gasteiger partial charge in [0.1, 0.15) is 0 Å². The van der Waals surface area contributed by atoms with Crippen molar-refractivity contribution in [1.82, 2.24) is 0 Å². The molecule has 0 radical (unpaired) electrons. The second-order valence-electron chi connectivity index (χ2n) is 6.64. The van der Waals surface area contributed by atoms with Crippen molar-refractivity contribution >= 4 is 0 Å². The summed E-state index contributed by atoms with van der Waals surface area (Å²) in [6.45, 7) is 2.23. The Morgan fingerprint density at radius 3 is 1.64 bits per heavy atom. The molecule has 2 aromatic rings. The Labute approximate surface area is 149 Å². The standard InChI is InChI=1S/C22H27F3/c1-2-3-4-5-6-7-8-9-18-10-12-19(13-11-18)20-14-16-21(17-15-20)22(23,24)25/h10-17H,2-9H2,1H3. The van der Waals surface area contributed by atoms with Crippen molar-refractivity contribution in [2.24, 2.45) is 0 Å². The van der Waals surface area contributed by atoms with Crippen LogP contribution in [0, 0.1) is 0 Å². The largest absolute Gasteiger partial charge is 0.416 e. The summed E-state index contributed by atoms with van der Waals surface area (Å²) in [7, 11) is 0. The fourth-order valence-electron chi connectivity index (χ4n) is 3.00. The zero-order valence-corrected chi connectivity index (χ0v) is 14.9. The highest BCUT2D eigenvalue weighted by Crippen LogP contribution is 2.31. The molecule has 0 atom stereocenters. The fraction of sp³-hybridized carbons (Fsp3) is 0.455. The van der Waals surface area contributed by atoms with Gasteiger partial charge in [-0.1, -0.05) is 81.8 Å². The van der Waals surface area contributed by atoms with Gasteiger partial charge in [-0.3, -0.25) is 0 Å². The van der Waals surface area contributed by atoms with Crippen LogP contribution in [0.5, 0.6) is 0 Å². The summed E-state index contributed by atoms with van der Waals surface area (Å²) in [6.07, 6.45) is 5.87. The van der Waals surface area contributed by atoms with Crippen LogP contribution in [0.15, 0.2) is 48.5 Å².